The van der Waals surface area contributed by atoms with Gasteiger partial charge in [-0.05, 0) is 76.9 Å². The molecule has 3 heterocycles. The molecule has 1 aromatic rings. The van der Waals surface area contributed by atoms with Gasteiger partial charge in [0.05, 0.1) is 6.10 Å². The average molecular weight is 402 g/mol. The van der Waals surface area contributed by atoms with Crippen LogP contribution in [-0.2, 0) is 9.53 Å². The molecule has 0 radical (unpaired) electrons. The molecule has 3 aliphatic rings. The lowest BCUT2D eigenvalue weighted by Crippen LogP contribution is -2.51. The van der Waals surface area contributed by atoms with Gasteiger partial charge in [-0.25, -0.2) is 9.97 Å². The molecule has 0 aromatic carbocycles. The second-order valence-electron chi connectivity index (χ2n) is 9.14. The van der Waals surface area contributed by atoms with Crippen molar-refractivity contribution in [1.82, 2.24) is 19.8 Å². The van der Waals surface area contributed by atoms with E-state index in [2.05, 4.69) is 20.2 Å². The van der Waals surface area contributed by atoms with Gasteiger partial charge in [-0.3, -0.25) is 4.79 Å². The molecule has 7 heteroatoms. The van der Waals surface area contributed by atoms with Crippen molar-refractivity contribution in [3.63, 3.8) is 0 Å². The minimum atomic E-state index is -0.0202. The van der Waals surface area contributed by atoms with Gasteiger partial charge in [-0.1, -0.05) is 0 Å². The van der Waals surface area contributed by atoms with Crippen molar-refractivity contribution in [2.75, 3.05) is 51.2 Å². The van der Waals surface area contributed by atoms with Crippen molar-refractivity contribution >= 4 is 11.9 Å². The zero-order chi connectivity index (χ0) is 20.4. The van der Waals surface area contributed by atoms with Crippen LogP contribution in [0.2, 0.25) is 0 Å². The molecule has 1 saturated carbocycles. The van der Waals surface area contributed by atoms with Crippen LogP contribution >= 0.6 is 0 Å². The molecule has 2 aliphatic heterocycles. The third-order valence-corrected chi connectivity index (χ3v) is 6.74. The molecule has 7 nitrogen and oxygen atoms in total. The number of rotatable bonds is 7. The minimum Gasteiger partial charge on any atom is -0.365 e. The number of amides is 1. The Morgan fingerprint density at radius 3 is 2.31 bits per heavy atom. The standard InChI is InChI=1S/C22H35N5O2/c1-15-16(2)24-22(25-17(15)3)23-10-20-13-27(21(28)14-29-20)12-19-6-8-26(9-7-19)11-18-4-5-18/h18-20H,4-14H2,1-3H3,(H,23,24,25). The molecule has 1 amide bonds. The molecule has 2 saturated heterocycles. The number of hydrogen-bond donors (Lipinski definition) is 1. The van der Waals surface area contributed by atoms with Gasteiger partial charge in [0.1, 0.15) is 6.61 Å². The summed E-state index contributed by atoms with van der Waals surface area (Å²) in [5, 5.41) is 3.30. The third-order valence-electron chi connectivity index (χ3n) is 6.74. The third kappa shape index (κ3) is 5.45. The van der Waals surface area contributed by atoms with Crippen LogP contribution < -0.4 is 5.32 Å². The van der Waals surface area contributed by atoms with E-state index in [4.69, 9.17) is 4.74 Å². The predicted octanol–water partition coefficient (Wildman–Crippen LogP) is 2.16. The van der Waals surface area contributed by atoms with E-state index in [1.54, 1.807) is 0 Å². The molecule has 4 rings (SSSR count). The van der Waals surface area contributed by atoms with Crippen molar-refractivity contribution in [2.24, 2.45) is 11.8 Å². The monoisotopic (exact) mass is 401 g/mol. The lowest BCUT2D eigenvalue weighted by Gasteiger charge is -2.38. The van der Waals surface area contributed by atoms with E-state index >= 15 is 0 Å². The van der Waals surface area contributed by atoms with Crippen LogP contribution in [0.4, 0.5) is 5.95 Å². The second-order valence-corrected chi connectivity index (χ2v) is 9.14. The molecule has 29 heavy (non-hydrogen) atoms. The summed E-state index contributed by atoms with van der Waals surface area (Å²) in [6.07, 6.45) is 5.23. The van der Waals surface area contributed by atoms with Crippen LogP contribution in [0.15, 0.2) is 0 Å². The van der Waals surface area contributed by atoms with Crippen LogP contribution in [-0.4, -0.2) is 77.7 Å². The number of hydrogen-bond acceptors (Lipinski definition) is 6. The Balaban J connectivity index is 1.24. The van der Waals surface area contributed by atoms with Crippen molar-refractivity contribution in [3.05, 3.63) is 17.0 Å². The molecule has 1 atom stereocenters. The first kappa shape index (κ1) is 20.5. The maximum atomic E-state index is 12.4. The Hall–Kier alpha value is -1.73. The van der Waals surface area contributed by atoms with Gasteiger partial charge < -0.3 is 19.9 Å². The maximum absolute atomic E-state index is 12.4. The van der Waals surface area contributed by atoms with E-state index in [-0.39, 0.29) is 18.6 Å². The van der Waals surface area contributed by atoms with E-state index in [1.807, 2.05) is 25.7 Å². The van der Waals surface area contributed by atoms with Crippen LogP contribution in [0.3, 0.4) is 0 Å². The van der Waals surface area contributed by atoms with Gasteiger partial charge in [-0.2, -0.15) is 0 Å². The highest BCUT2D eigenvalue weighted by molar-refractivity contribution is 5.78. The van der Waals surface area contributed by atoms with Crippen molar-refractivity contribution in [1.29, 1.82) is 0 Å². The highest BCUT2D eigenvalue weighted by Gasteiger charge is 2.31. The Morgan fingerprint density at radius 1 is 1.00 bits per heavy atom. The Bertz CT molecular complexity index is 705. The van der Waals surface area contributed by atoms with Crippen LogP contribution in [0.1, 0.15) is 42.6 Å². The molecule has 0 spiro atoms. The Kier molecular flexibility index (Phi) is 6.35. The lowest BCUT2D eigenvalue weighted by atomic mass is 9.95. The quantitative estimate of drug-likeness (QED) is 0.755. The van der Waals surface area contributed by atoms with Gasteiger partial charge in [0.25, 0.3) is 0 Å². The van der Waals surface area contributed by atoms with Gasteiger partial charge in [0, 0.05) is 37.6 Å². The molecule has 160 valence electrons. The number of likely N-dealkylation sites (tertiary alicyclic amines) is 1. The average Bonchev–Trinajstić information content (AvgIpc) is 3.52. The number of aromatic nitrogens is 2. The van der Waals surface area contributed by atoms with Gasteiger partial charge in [0.15, 0.2) is 0 Å². The maximum Gasteiger partial charge on any atom is 0.248 e. The SMILES string of the molecule is Cc1nc(NCC2CN(CC3CCN(CC4CC4)CC3)C(=O)CO2)nc(C)c1C. The largest absolute Gasteiger partial charge is 0.365 e. The van der Waals surface area contributed by atoms with E-state index in [0.29, 0.717) is 25.0 Å². The fourth-order valence-corrected chi connectivity index (χ4v) is 4.37. The van der Waals surface area contributed by atoms with E-state index < -0.39 is 0 Å². The van der Waals surface area contributed by atoms with Crippen LogP contribution in [0, 0.1) is 32.6 Å². The zero-order valence-electron chi connectivity index (χ0n) is 18.1. The van der Waals surface area contributed by atoms with Crippen molar-refractivity contribution in [3.8, 4) is 0 Å². The van der Waals surface area contributed by atoms with Gasteiger partial charge in [0.2, 0.25) is 11.9 Å². The first-order valence-corrected chi connectivity index (χ1v) is 11.2. The van der Waals surface area contributed by atoms with Crippen LogP contribution in [0.5, 0.6) is 0 Å². The number of ether oxygens (including phenoxy) is 1. The minimum absolute atomic E-state index is 0.0202. The summed E-state index contributed by atoms with van der Waals surface area (Å²) >= 11 is 0. The number of nitrogens with zero attached hydrogens (tertiary/aromatic N) is 4. The fraction of sp³-hybridized carbons (Fsp3) is 0.773. The molecule has 1 N–H and O–H groups in total. The summed E-state index contributed by atoms with van der Waals surface area (Å²) in [6.45, 7) is 12.0. The second kappa shape index (κ2) is 8.96. The summed E-state index contributed by atoms with van der Waals surface area (Å²) in [5.74, 6) is 2.35. The molecular formula is C22H35N5O2. The normalized spacial score (nSPS) is 24.2. The highest BCUT2D eigenvalue weighted by atomic mass is 16.5. The molecule has 1 unspecified atom stereocenters. The number of nitrogens with one attached hydrogen (secondary N) is 1. The number of anilines is 1. The fourth-order valence-electron chi connectivity index (χ4n) is 4.37. The molecule has 0 bridgehead atoms. The molecule has 3 fully saturated rings. The summed E-state index contributed by atoms with van der Waals surface area (Å²) in [7, 11) is 0. The topological polar surface area (TPSA) is 70.6 Å². The first-order chi connectivity index (χ1) is 14.0. The van der Waals surface area contributed by atoms with E-state index in [0.717, 1.165) is 29.4 Å². The van der Waals surface area contributed by atoms with E-state index in [9.17, 15) is 4.79 Å². The number of aryl methyl sites for hydroxylation is 2. The predicted molar refractivity (Wildman–Crippen MR) is 113 cm³/mol. The molecule has 1 aromatic heterocycles. The van der Waals surface area contributed by atoms with Gasteiger partial charge in [-0.15, -0.1) is 0 Å². The smallest absolute Gasteiger partial charge is 0.248 e. The zero-order valence-corrected chi connectivity index (χ0v) is 18.1. The number of carbonyl (C=O) groups is 1. The summed E-state index contributed by atoms with van der Waals surface area (Å²) in [4.78, 5) is 26.0. The summed E-state index contributed by atoms with van der Waals surface area (Å²) < 4.78 is 5.77. The highest BCUT2D eigenvalue weighted by Crippen LogP contribution is 2.31. The lowest BCUT2D eigenvalue weighted by molar-refractivity contribution is -0.149. The van der Waals surface area contributed by atoms with E-state index in [1.165, 1.54) is 45.3 Å². The Labute approximate surface area is 174 Å². The van der Waals surface area contributed by atoms with Crippen molar-refractivity contribution in [2.45, 2.75) is 52.6 Å². The molecular weight excluding hydrogens is 366 g/mol. The van der Waals surface area contributed by atoms with Crippen LogP contribution in [0.25, 0.3) is 0 Å². The summed E-state index contributed by atoms with van der Waals surface area (Å²) in [6, 6.07) is 0. The number of morpholine rings is 1. The Morgan fingerprint density at radius 2 is 1.66 bits per heavy atom. The number of piperidine rings is 1. The molecule has 1 aliphatic carbocycles. The first-order valence-electron chi connectivity index (χ1n) is 11.2. The van der Waals surface area contributed by atoms with Crippen molar-refractivity contribution < 1.29 is 9.53 Å². The summed E-state index contributed by atoms with van der Waals surface area (Å²) in [5.41, 5.74) is 3.12. The number of carbonyl (C=O) groups excluding carboxylic acids is 1. The van der Waals surface area contributed by atoms with Gasteiger partial charge >= 0.3 is 0 Å².